The van der Waals surface area contributed by atoms with Crippen LogP contribution in [0.25, 0.3) is 0 Å². The Balaban J connectivity index is 2.94. The van der Waals surface area contributed by atoms with Gasteiger partial charge in [-0.15, -0.1) is 0 Å². The number of nitrogens with two attached hydrogens (primary N) is 1. The summed E-state index contributed by atoms with van der Waals surface area (Å²) in [6, 6.07) is 4.80. The molecule has 1 aromatic rings. The van der Waals surface area contributed by atoms with Crippen molar-refractivity contribution in [1.82, 2.24) is 0 Å². The topological polar surface area (TPSA) is 26.0 Å². The second-order valence-corrected chi connectivity index (χ2v) is 5.05. The Morgan fingerprint density at radius 3 is 2.62 bits per heavy atom. The van der Waals surface area contributed by atoms with Crippen LogP contribution >= 0.6 is 11.6 Å². The van der Waals surface area contributed by atoms with Crippen molar-refractivity contribution in [2.24, 2.45) is 11.1 Å². The third kappa shape index (κ3) is 3.19. The molecule has 2 N–H and O–H groups in total. The summed E-state index contributed by atoms with van der Waals surface area (Å²) in [6.45, 7) is 4.74. The highest BCUT2D eigenvalue weighted by Gasteiger charge is 2.24. The van der Waals surface area contributed by atoms with Gasteiger partial charge in [0.25, 0.3) is 0 Å². The van der Waals surface area contributed by atoms with E-state index < -0.39 is 0 Å². The van der Waals surface area contributed by atoms with Gasteiger partial charge < -0.3 is 5.73 Å². The Bertz CT molecular complexity index is 334. The fraction of sp³-hybridized carbons (Fsp3) is 0.538. The van der Waals surface area contributed by atoms with E-state index in [9.17, 15) is 4.39 Å². The first kappa shape index (κ1) is 13.5. The maximum Gasteiger partial charge on any atom is 0.127 e. The van der Waals surface area contributed by atoms with E-state index in [1.807, 2.05) is 0 Å². The third-order valence-corrected chi connectivity index (χ3v) is 3.37. The molecular formula is C13H19ClFN. The molecule has 0 aromatic heterocycles. The van der Waals surface area contributed by atoms with E-state index in [1.165, 1.54) is 6.07 Å². The average Bonchev–Trinajstić information content (AvgIpc) is 2.24. The number of hydrogen-bond acceptors (Lipinski definition) is 1. The van der Waals surface area contributed by atoms with Gasteiger partial charge in [-0.1, -0.05) is 37.9 Å². The second kappa shape index (κ2) is 5.65. The molecule has 1 unspecified atom stereocenters. The van der Waals surface area contributed by atoms with E-state index >= 15 is 0 Å². The smallest absolute Gasteiger partial charge is 0.127 e. The molecule has 1 nitrogen and oxygen atoms in total. The zero-order chi connectivity index (χ0) is 12.2. The SMILES string of the molecule is CCCC(C)(CN)Cc1c(F)cccc1Cl. The Morgan fingerprint density at radius 1 is 1.44 bits per heavy atom. The van der Waals surface area contributed by atoms with Crippen molar-refractivity contribution < 1.29 is 4.39 Å². The molecule has 1 rings (SSSR count). The van der Waals surface area contributed by atoms with Gasteiger partial charge in [0.1, 0.15) is 5.82 Å². The fourth-order valence-electron chi connectivity index (χ4n) is 1.99. The van der Waals surface area contributed by atoms with Crippen LogP contribution in [-0.2, 0) is 6.42 Å². The summed E-state index contributed by atoms with van der Waals surface area (Å²) in [4.78, 5) is 0. The predicted octanol–water partition coefficient (Wildman–Crippen LogP) is 3.79. The average molecular weight is 244 g/mol. The number of benzene rings is 1. The molecule has 0 bridgehead atoms. The molecule has 0 aliphatic carbocycles. The van der Waals surface area contributed by atoms with E-state index in [4.69, 9.17) is 17.3 Å². The lowest BCUT2D eigenvalue weighted by atomic mass is 9.80. The van der Waals surface area contributed by atoms with E-state index in [0.29, 0.717) is 23.6 Å². The van der Waals surface area contributed by atoms with Crippen molar-refractivity contribution in [3.05, 3.63) is 34.6 Å². The normalized spacial score (nSPS) is 14.8. The first-order chi connectivity index (χ1) is 7.52. The molecule has 90 valence electrons. The molecule has 16 heavy (non-hydrogen) atoms. The largest absolute Gasteiger partial charge is 0.330 e. The zero-order valence-corrected chi connectivity index (χ0v) is 10.6. The maximum atomic E-state index is 13.6. The van der Waals surface area contributed by atoms with Gasteiger partial charge in [0.2, 0.25) is 0 Å². The molecule has 0 amide bonds. The fourth-order valence-corrected chi connectivity index (χ4v) is 2.22. The summed E-state index contributed by atoms with van der Waals surface area (Å²) in [5, 5.41) is 0.496. The Kier molecular flexibility index (Phi) is 4.75. The van der Waals surface area contributed by atoms with E-state index in [-0.39, 0.29) is 11.2 Å². The molecule has 0 aliphatic heterocycles. The van der Waals surface area contributed by atoms with Crippen LogP contribution in [-0.4, -0.2) is 6.54 Å². The van der Waals surface area contributed by atoms with Gasteiger partial charge in [-0.2, -0.15) is 0 Å². The van der Waals surface area contributed by atoms with Crippen molar-refractivity contribution in [2.75, 3.05) is 6.54 Å². The highest BCUT2D eigenvalue weighted by atomic mass is 35.5. The molecule has 1 aromatic carbocycles. The molecule has 0 saturated carbocycles. The minimum Gasteiger partial charge on any atom is -0.330 e. The highest BCUT2D eigenvalue weighted by molar-refractivity contribution is 6.31. The van der Waals surface area contributed by atoms with Crippen LogP contribution in [0.15, 0.2) is 18.2 Å². The van der Waals surface area contributed by atoms with Crippen LogP contribution < -0.4 is 5.73 Å². The van der Waals surface area contributed by atoms with Crippen molar-refractivity contribution in [3.63, 3.8) is 0 Å². The molecule has 0 aliphatic rings. The van der Waals surface area contributed by atoms with Gasteiger partial charge in [0, 0.05) is 10.6 Å². The molecular weight excluding hydrogens is 225 g/mol. The van der Waals surface area contributed by atoms with Crippen molar-refractivity contribution in [1.29, 1.82) is 0 Å². The van der Waals surface area contributed by atoms with Gasteiger partial charge in [0.15, 0.2) is 0 Å². The summed E-state index contributed by atoms with van der Waals surface area (Å²) in [7, 11) is 0. The number of hydrogen-bond donors (Lipinski definition) is 1. The maximum absolute atomic E-state index is 13.6. The van der Waals surface area contributed by atoms with Crippen molar-refractivity contribution >= 4 is 11.6 Å². The number of rotatable bonds is 5. The summed E-state index contributed by atoms with van der Waals surface area (Å²) in [6.07, 6.45) is 2.62. The van der Waals surface area contributed by atoms with Crippen LogP contribution in [0.1, 0.15) is 32.3 Å². The standard InChI is InChI=1S/C13H19ClFN/c1-3-7-13(2,9-16)8-10-11(14)5-4-6-12(10)15/h4-6H,3,7-9,16H2,1-2H3. The van der Waals surface area contributed by atoms with Gasteiger partial charge in [-0.25, -0.2) is 4.39 Å². The molecule has 0 fully saturated rings. The first-order valence-electron chi connectivity index (χ1n) is 5.65. The molecule has 3 heteroatoms. The van der Waals surface area contributed by atoms with Crippen LogP contribution in [0.2, 0.25) is 5.02 Å². The van der Waals surface area contributed by atoms with Crippen molar-refractivity contribution in [3.8, 4) is 0 Å². The Morgan fingerprint density at radius 2 is 2.12 bits per heavy atom. The summed E-state index contributed by atoms with van der Waals surface area (Å²) >= 11 is 6.01. The van der Waals surface area contributed by atoms with Gasteiger partial charge in [-0.3, -0.25) is 0 Å². The molecule has 1 atom stereocenters. The minimum absolute atomic E-state index is 0.0689. The minimum atomic E-state index is -0.233. The zero-order valence-electron chi connectivity index (χ0n) is 9.89. The lowest BCUT2D eigenvalue weighted by molar-refractivity contribution is 0.299. The quantitative estimate of drug-likeness (QED) is 0.837. The monoisotopic (exact) mass is 243 g/mol. The summed E-state index contributed by atoms with van der Waals surface area (Å²) in [5.41, 5.74) is 6.30. The Hall–Kier alpha value is -0.600. The van der Waals surface area contributed by atoms with E-state index in [2.05, 4.69) is 13.8 Å². The lowest BCUT2D eigenvalue weighted by Crippen LogP contribution is -2.30. The lowest BCUT2D eigenvalue weighted by Gasteiger charge is -2.28. The van der Waals surface area contributed by atoms with E-state index in [1.54, 1.807) is 12.1 Å². The molecule has 0 saturated heterocycles. The number of halogens is 2. The third-order valence-electron chi connectivity index (χ3n) is 3.01. The van der Waals surface area contributed by atoms with E-state index in [0.717, 1.165) is 12.8 Å². The van der Waals surface area contributed by atoms with Gasteiger partial charge >= 0.3 is 0 Å². The van der Waals surface area contributed by atoms with Crippen LogP contribution in [0.5, 0.6) is 0 Å². The Labute approximate surface area is 102 Å². The highest BCUT2D eigenvalue weighted by Crippen LogP contribution is 2.31. The summed E-state index contributed by atoms with van der Waals surface area (Å²) < 4.78 is 13.6. The first-order valence-corrected chi connectivity index (χ1v) is 6.03. The van der Waals surface area contributed by atoms with Crippen LogP contribution in [0.4, 0.5) is 4.39 Å². The summed E-state index contributed by atoms with van der Waals surface area (Å²) in [5.74, 6) is -0.233. The molecule has 0 spiro atoms. The van der Waals surface area contributed by atoms with Crippen LogP contribution in [0, 0.1) is 11.2 Å². The van der Waals surface area contributed by atoms with Crippen LogP contribution in [0.3, 0.4) is 0 Å². The van der Waals surface area contributed by atoms with Gasteiger partial charge in [0.05, 0.1) is 0 Å². The van der Waals surface area contributed by atoms with Gasteiger partial charge in [-0.05, 0) is 36.9 Å². The predicted molar refractivity (Wildman–Crippen MR) is 67.2 cm³/mol. The van der Waals surface area contributed by atoms with Crippen molar-refractivity contribution in [2.45, 2.75) is 33.1 Å². The molecule has 0 heterocycles. The second-order valence-electron chi connectivity index (χ2n) is 4.64. The molecule has 0 radical (unpaired) electrons.